The average molecular weight is 295 g/mol. The molecule has 1 aromatic rings. The third-order valence-electron chi connectivity index (χ3n) is 4.60. The van der Waals surface area contributed by atoms with E-state index in [4.69, 9.17) is 4.74 Å². The smallest absolute Gasteiger partial charge is 0.224 e. The predicted octanol–water partition coefficient (Wildman–Crippen LogP) is 0.645. The number of aromatic nitrogens is 2. The highest BCUT2D eigenvalue weighted by atomic mass is 16.5. The van der Waals surface area contributed by atoms with Crippen LogP contribution in [-0.4, -0.2) is 45.7 Å². The van der Waals surface area contributed by atoms with Gasteiger partial charge in [0.05, 0.1) is 24.3 Å². The molecule has 118 valence electrons. The topological polar surface area (TPSA) is 76.4 Å². The third-order valence-corrected chi connectivity index (χ3v) is 4.60. The van der Waals surface area contributed by atoms with Crippen LogP contribution in [0.2, 0.25) is 0 Å². The highest BCUT2D eigenvalue weighted by molar-refractivity contribution is 5.78. The standard InChI is InChI=1S/C15H25N3O3/c1-5-21-12-7-15(20,14(12,2)3)10-16-13(19)6-11-8-17-18(4)9-11/h8-9,12,20H,5-7,10H2,1-4H3,(H,16,19). The molecular formula is C15H25N3O3. The van der Waals surface area contributed by atoms with E-state index in [0.29, 0.717) is 13.0 Å². The summed E-state index contributed by atoms with van der Waals surface area (Å²) in [7, 11) is 1.81. The van der Waals surface area contributed by atoms with Gasteiger partial charge in [0.1, 0.15) is 0 Å². The first-order valence-electron chi connectivity index (χ1n) is 7.36. The van der Waals surface area contributed by atoms with E-state index in [0.717, 1.165) is 5.56 Å². The number of carbonyl (C=O) groups is 1. The molecule has 0 aliphatic heterocycles. The highest BCUT2D eigenvalue weighted by Gasteiger charge is 2.59. The first-order chi connectivity index (χ1) is 9.78. The number of aryl methyl sites for hydroxylation is 1. The quantitative estimate of drug-likeness (QED) is 0.808. The van der Waals surface area contributed by atoms with Crippen molar-refractivity contribution in [1.29, 1.82) is 0 Å². The van der Waals surface area contributed by atoms with Crippen LogP contribution in [0.3, 0.4) is 0 Å². The molecule has 6 heteroatoms. The van der Waals surface area contributed by atoms with Crippen molar-refractivity contribution in [1.82, 2.24) is 15.1 Å². The molecule has 0 spiro atoms. The minimum absolute atomic E-state index is 0.0442. The van der Waals surface area contributed by atoms with Crippen molar-refractivity contribution < 1.29 is 14.6 Å². The second-order valence-electron chi connectivity index (χ2n) is 6.38. The van der Waals surface area contributed by atoms with Gasteiger partial charge in [0.25, 0.3) is 0 Å². The molecule has 2 atom stereocenters. The molecule has 2 unspecified atom stereocenters. The van der Waals surface area contributed by atoms with Gasteiger partial charge in [-0.1, -0.05) is 13.8 Å². The minimum atomic E-state index is -0.905. The van der Waals surface area contributed by atoms with E-state index in [-0.39, 0.29) is 30.4 Å². The van der Waals surface area contributed by atoms with Crippen molar-refractivity contribution in [3.63, 3.8) is 0 Å². The summed E-state index contributed by atoms with van der Waals surface area (Å²) in [4.78, 5) is 11.9. The lowest BCUT2D eigenvalue weighted by atomic mass is 9.56. The van der Waals surface area contributed by atoms with Crippen LogP contribution < -0.4 is 5.32 Å². The Balaban J connectivity index is 1.84. The second-order valence-corrected chi connectivity index (χ2v) is 6.38. The fourth-order valence-electron chi connectivity index (χ4n) is 2.82. The summed E-state index contributed by atoms with van der Waals surface area (Å²) >= 11 is 0. The Bertz CT molecular complexity index is 512. The molecule has 1 aliphatic rings. The molecule has 0 aromatic carbocycles. The van der Waals surface area contributed by atoms with E-state index in [1.807, 2.05) is 34.0 Å². The summed E-state index contributed by atoms with van der Waals surface area (Å²) < 4.78 is 7.27. The van der Waals surface area contributed by atoms with Crippen LogP contribution in [0.25, 0.3) is 0 Å². The van der Waals surface area contributed by atoms with Crippen molar-refractivity contribution in [3.8, 4) is 0 Å². The largest absolute Gasteiger partial charge is 0.387 e. The molecule has 1 aliphatic carbocycles. The van der Waals surface area contributed by atoms with Gasteiger partial charge < -0.3 is 15.2 Å². The number of hydrogen-bond acceptors (Lipinski definition) is 4. The van der Waals surface area contributed by atoms with Gasteiger partial charge in [-0.25, -0.2) is 0 Å². The summed E-state index contributed by atoms with van der Waals surface area (Å²) in [6.45, 7) is 6.79. The van der Waals surface area contributed by atoms with E-state index in [1.54, 1.807) is 10.9 Å². The normalized spacial score (nSPS) is 27.2. The molecule has 0 radical (unpaired) electrons. The summed E-state index contributed by atoms with van der Waals surface area (Å²) in [6, 6.07) is 0. The SMILES string of the molecule is CCOC1CC(O)(CNC(=O)Cc2cnn(C)c2)C1(C)C. The molecule has 6 nitrogen and oxygen atoms in total. The molecule has 1 aromatic heterocycles. The van der Waals surface area contributed by atoms with Gasteiger partial charge in [-0.2, -0.15) is 5.10 Å². The van der Waals surface area contributed by atoms with Crippen LogP contribution >= 0.6 is 0 Å². The van der Waals surface area contributed by atoms with Crippen LogP contribution in [0.1, 0.15) is 32.8 Å². The summed E-state index contributed by atoms with van der Waals surface area (Å²) in [5.74, 6) is -0.105. The van der Waals surface area contributed by atoms with Gasteiger partial charge in [0, 0.05) is 38.2 Å². The summed E-state index contributed by atoms with van der Waals surface area (Å²) in [5, 5.41) is 17.5. The number of hydrogen-bond donors (Lipinski definition) is 2. The maximum absolute atomic E-state index is 11.9. The van der Waals surface area contributed by atoms with Gasteiger partial charge in [0.15, 0.2) is 0 Å². The first-order valence-corrected chi connectivity index (χ1v) is 7.36. The number of aliphatic hydroxyl groups is 1. The van der Waals surface area contributed by atoms with Gasteiger partial charge in [0.2, 0.25) is 5.91 Å². The van der Waals surface area contributed by atoms with Crippen LogP contribution in [0, 0.1) is 5.41 Å². The van der Waals surface area contributed by atoms with E-state index in [1.165, 1.54) is 0 Å². The number of nitrogens with zero attached hydrogens (tertiary/aromatic N) is 2. The fraction of sp³-hybridized carbons (Fsp3) is 0.733. The Morgan fingerprint density at radius 2 is 2.33 bits per heavy atom. The van der Waals surface area contributed by atoms with E-state index < -0.39 is 5.60 Å². The molecule has 1 fully saturated rings. The maximum Gasteiger partial charge on any atom is 0.224 e. The van der Waals surface area contributed by atoms with Gasteiger partial charge >= 0.3 is 0 Å². The Hall–Kier alpha value is -1.40. The van der Waals surface area contributed by atoms with Crippen LogP contribution in [-0.2, 0) is 23.0 Å². The Morgan fingerprint density at radius 1 is 1.62 bits per heavy atom. The fourth-order valence-corrected chi connectivity index (χ4v) is 2.82. The minimum Gasteiger partial charge on any atom is -0.387 e. The van der Waals surface area contributed by atoms with E-state index in [9.17, 15) is 9.90 Å². The number of ether oxygens (including phenoxy) is 1. The molecule has 2 N–H and O–H groups in total. The lowest BCUT2D eigenvalue weighted by Crippen LogP contribution is -2.68. The van der Waals surface area contributed by atoms with Crippen molar-refractivity contribution in [2.45, 2.75) is 45.3 Å². The average Bonchev–Trinajstić information content (AvgIpc) is 2.81. The van der Waals surface area contributed by atoms with Crippen molar-refractivity contribution in [3.05, 3.63) is 18.0 Å². The van der Waals surface area contributed by atoms with Crippen LogP contribution in [0.5, 0.6) is 0 Å². The molecule has 0 saturated heterocycles. The maximum atomic E-state index is 11.9. The Labute approximate surface area is 125 Å². The van der Waals surface area contributed by atoms with E-state index >= 15 is 0 Å². The summed E-state index contributed by atoms with van der Waals surface area (Å²) in [5.41, 5.74) is -0.399. The monoisotopic (exact) mass is 295 g/mol. The van der Waals surface area contributed by atoms with Gasteiger partial charge in [-0.05, 0) is 12.5 Å². The van der Waals surface area contributed by atoms with E-state index in [2.05, 4.69) is 10.4 Å². The third kappa shape index (κ3) is 3.11. The second kappa shape index (κ2) is 5.77. The molecule has 0 bridgehead atoms. The predicted molar refractivity (Wildman–Crippen MR) is 78.7 cm³/mol. The lowest BCUT2D eigenvalue weighted by molar-refractivity contribution is -0.238. The zero-order valence-corrected chi connectivity index (χ0v) is 13.2. The first kappa shape index (κ1) is 16.0. The zero-order valence-electron chi connectivity index (χ0n) is 13.2. The Kier molecular flexibility index (Phi) is 4.39. The van der Waals surface area contributed by atoms with Crippen LogP contribution in [0.15, 0.2) is 12.4 Å². The number of carbonyl (C=O) groups excluding carboxylic acids is 1. The number of amides is 1. The molecule has 21 heavy (non-hydrogen) atoms. The number of nitrogens with one attached hydrogen (secondary N) is 1. The molecule has 1 amide bonds. The van der Waals surface area contributed by atoms with Crippen LogP contribution in [0.4, 0.5) is 0 Å². The molecular weight excluding hydrogens is 270 g/mol. The lowest BCUT2D eigenvalue weighted by Gasteiger charge is -2.57. The summed E-state index contributed by atoms with van der Waals surface area (Å²) in [6.07, 6.45) is 4.36. The van der Waals surface area contributed by atoms with Gasteiger partial charge in [-0.15, -0.1) is 0 Å². The highest BCUT2D eigenvalue weighted by Crippen LogP contribution is 2.50. The van der Waals surface area contributed by atoms with Crippen molar-refractivity contribution in [2.24, 2.45) is 12.5 Å². The number of rotatable bonds is 6. The van der Waals surface area contributed by atoms with Crippen molar-refractivity contribution >= 4 is 5.91 Å². The Morgan fingerprint density at radius 3 is 2.86 bits per heavy atom. The van der Waals surface area contributed by atoms with Gasteiger partial charge in [-0.3, -0.25) is 9.48 Å². The zero-order chi connectivity index (χ0) is 15.7. The van der Waals surface area contributed by atoms with Crippen molar-refractivity contribution in [2.75, 3.05) is 13.2 Å². The molecule has 1 heterocycles. The molecule has 2 rings (SSSR count). The molecule has 1 saturated carbocycles.